The molecule has 2 N–H and O–H groups in total. The molecule has 126 valence electrons. The molecule has 1 aliphatic rings. The van der Waals surface area contributed by atoms with Crippen molar-refractivity contribution in [3.8, 4) is 0 Å². The summed E-state index contributed by atoms with van der Waals surface area (Å²) in [4.78, 5) is 24.6. The van der Waals surface area contributed by atoms with Crippen molar-refractivity contribution in [2.45, 2.75) is 32.6 Å². The van der Waals surface area contributed by atoms with Gasteiger partial charge in [-0.15, -0.1) is 11.3 Å². The quantitative estimate of drug-likeness (QED) is 0.619. The van der Waals surface area contributed by atoms with E-state index >= 15 is 0 Å². The average molecular weight is 356 g/mol. The highest BCUT2D eigenvalue weighted by molar-refractivity contribution is 7.80. The number of methoxy groups -OCH3 is 1. The first kappa shape index (κ1) is 17.7. The molecular weight excluding hydrogens is 336 g/mol. The minimum absolute atomic E-state index is 0.0156. The molecule has 6 nitrogen and oxygen atoms in total. The van der Waals surface area contributed by atoms with E-state index in [4.69, 9.17) is 21.7 Å². The maximum absolute atomic E-state index is 12.1. The Morgan fingerprint density at radius 2 is 2.04 bits per heavy atom. The summed E-state index contributed by atoms with van der Waals surface area (Å²) in [5, 5.41) is 6.74. The van der Waals surface area contributed by atoms with Gasteiger partial charge < -0.3 is 20.1 Å². The number of ether oxygens (including phenoxy) is 2. The molecule has 23 heavy (non-hydrogen) atoms. The van der Waals surface area contributed by atoms with E-state index in [9.17, 15) is 9.59 Å². The first-order valence-corrected chi connectivity index (χ1v) is 8.72. The molecule has 0 atom stereocenters. The summed E-state index contributed by atoms with van der Waals surface area (Å²) in [5.41, 5.74) is 1.62. The average Bonchev–Trinajstić information content (AvgIpc) is 2.90. The van der Waals surface area contributed by atoms with E-state index in [0.29, 0.717) is 17.2 Å². The van der Waals surface area contributed by atoms with Gasteiger partial charge in [0.25, 0.3) is 0 Å². The number of fused-ring (bicyclic) bond motifs is 1. The molecule has 2 rings (SSSR count). The fraction of sp³-hybridized carbons (Fsp3) is 0.533. The van der Waals surface area contributed by atoms with E-state index in [2.05, 4.69) is 10.6 Å². The van der Waals surface area contributed by atoms with Crippen molar-refractivity contribution in [1.82, 2.24) is 5.32 Å². The van der Waals surface area contributed by atoms with Crippen molar-refractivity contribution in [3.05, 3.63) is 16.0 Å². The smallest absolute Gasteiger partial charge is 0.341 e. The van der Waals surface area contributed by atoms with Crippen LogP contribution >= 0.6 is 23.6 Å². The second kappa shape index (κ2) is 8.26. The molecule has 0 aliphatic heterocycles. The number of hydrogen-bond acceptors (Lipinski definition) is 6. The van der Waals surface area contributed by atoms with Crippen LogP contribution in [-0.2, 0) is 27.1 Å². The summed E-state index contributed by atoms with van der Waals surface area (Å²) in [6, 6.07) is 0. The van der Waals surface area contributed by atoms with Crippen LogP contribution in [0.5, 0.6) is 0 Å². The Kier molecular flexibility index (Phi) is 6.35. The van der Waals surface area contributed by atoms with E-state index in [-0.39, 0.29) is 23.6 Å². The first-order valence-electron chi connectivity index (χ1n) is 7.50. The third kappa shape index (κ3) is 4.42. The van der Waals surface area contributed by atoms with Gasteiger partial charge in [0, 0.05) is 4.88 Å². The van der Waals surface area contributed by atoms with E-state index in [0.717, 1.165) is 31.2 Å². The van der Waals surface area contributed by atoms with Crippen molar-refractivity contribution in [3.63, 3.8) is 0 Å². The van der Waals surface area contributed by atoms with Crippen molar-refractivity contribution in [2.24, 2.45) is 0 Å². The number of thiocarbonyl (C=S) groups is 1. The number of aryl methyl sites for hydroxylation is 1. The molecule has 0 saturated heterocycles. The molecule has 0 amide bonds. The maximum atomic E-state index is 12.1. The molecule has 1 aromatic rings. The molecule has 0 aromatic carbocycles. The maximum Gasteiger partial charge on any atom is 0.341 e. The van der Waals surface area contributed by atoms with Crippen LogP contribution in [0.2, 0.25) is 0 Å². The molecule has 1 aromatic heterocycles. The van der Waals surface area contributed by atoms with Crippen LogP contribution in [-0.4, -0.2) is 37.3 Å². The van der Waals surface area contributed by atoms with Crippen LogP contribution in [0.4, 0.5) is 5.00 Å². The summed E-state index contributed by atoms with van der Waals surface area (Å²) in [6.07, 6.45) is 4.04. The second-order valence-electron chi connectivity index (χ2n) is 5.02. The third-order valence-electron chi connectivity index (χ3n) is 3.49. The number of thiophene rings is 1. The van der Waals surface area contributed by atoms with Gasteiger partial charge in [0.05, 0.1) is 19.3 Å². The Balaban J connectivity index is 2.09. The van der Waals surface area contributed by atoms with E-state index < -0.39 is 0 Å². The summed E-state index contributed by atoms with van der Waals surface area (Å²) >= 11 is 6.71. The van der Waals surface area contributed by atoms with Crippen LogP contribution in [0.3, 0.4) is 0 Å². The first-order chi connectivity index (χ1) is 11.1. The van der Waals surface area contributed by atoms with Crippen molar-refractivity contribution >= 4 is 45.6 Å². The number of hydrogen-bond donors (Lipinski definition) is 2. The number of carbonyl (C=O) groups excluding carboxylic acids is 2. The molecule has 1 aliphatic carbocycles. The molecule has 1 heterocycles. The topological polar surface area (TPSA) is 76.7 Å². The normalized spacial score (nSPS) is 13.0. The second-order valence-corrected chi connectivity index (χ2v) is 6.53. The lowest BCUT2D eigenvalue weighted by Crippen LogP contribution is -2.34. The zero-order chi connectivity index (χ0) is 16.8. The summed E-state index contributed by atoms with van der Waals surface area (Å²) in [6.45, 7) is 2.05. The molecule has 0 bridgehead atoms. The van der Waals surface area contributed by atoms with Gasteiger partial charge in [0.2, 0.25) is 0 Å². The van der Waals surface area contributed by atoms with Crippen LogP contribution in [0, 0.1) is 0 Å². The SMILES string of the molecule is CCOC(=O)CNC(=S)Nc1sc2c(c1C(=O)OC)CCCC2. The minimum Gasteiger partial charge on any atom is -0.465 e. The fourth-order valence-electron chi connectivity index (χ4n) is 2.48. The molecule has 8 heteroatoms. The van der Waals surface area contributed by atoms with E-state index in [1.807, 2.05) is 0 Å². The molecule has 0 fully saturated rings. The molecular formula is C15H20N2O4S2. The monoisotopic (exact) mass is 356 g/mol. The molecule has 0 unspecified atom stereocenters. The molecule has 0 radical (unpaired) electrons. The van der Waals surface area contributed by atoms with Crippen LogP contribution < -0.4 is 10.6 Å². The number of rotatable bonds is 5. The highest BCUT2D eigenvalue weighted by atomic mass is 32.1. The largest absolute Gasteiger partial charge is 0.465 e. The lowest BCUT2D eigenvalue weighted by molar-refractivity contribution is -0.141. The Labute approximate surface area is 144 Å². The lowest BCUT2D eigenvalue weighted by Gasteiger charge is -2.12. The van der Waals surface area contributed by atoms with Gasteiger partial charge in [0.15, 0.2) is 5.11 Å². The number of esters is 2. The number of anilines is 1. The van der Waals surface area contributed by atoms with Crippen molar-refractivity contribution in [2.75, 3.05) is 25.6 Å². The molecule has 0 spiro atoms. The zero-order valence-corrected chi connectivity index (χ0v) is 14.8. The van der Waals surface area contributed by atoms with Gasteiger partial charge in [-0.3, -0.25) is 4.79 Å². The predicted octanol–water partition coefficient (Wildman–Crippen LogP) is 2.26. The standard InChI is InChI=1S/C15H20N2O4S2/c1-3-21-11(18)8-16-15(22)17-13-12(14(19)20-2)9-6-4-5-7-10(9)23-13/h3-8H2,1-2H3,(H2,16,17,22). The minimum atomic E-state index is -0.379. The Bertz CT molecular complexity index is 613. The van der Waals surface area contributed by atoms with Gasteiger partial charge in [-0.2, -0.15) is 0 Å². The lowest BCUT2D eigenvalue weighted by atomic mass is 9.95. The summed E-state index contributed by atoms with van der Waals surface area (Å²) in [5.74, 6) is -0.740. The zero-order valence-electron chi connectivity index (χ0n) is 13.2. The van der Waals surface area contributed by atoms with Gasteiger partial charge in [0.1, 0.15) is 11.5 Å². The van der Waals surface area contributed by atoms with Crippen LogP contribution in [0.1, 0.15) is 40.6 Å². The van der Waals surface area contributed by atoms with Gasteiger partial charge in [-0.25, -0.2) is 4.79 Å². The van der Waals surface area contributed by atoms with Crippen molar-refractivity contribution < 1.29 is 19.1 Å². The fourth-order valence-corrected chi connectivity index (χ4v) is 4.00. The third-order valence-corrected chi connectivity index (χ3v) is 4.94. The van der Waals surface area contributed by atoms with Gasteiger partial charge in [-0.1, -0.05) is 0 Å². The van der Waals surface area contributed by atoms with Crippen LogP contribution in [0.25, 0.3) is 0 Å². The van der Waals surface area contributed by atoms with Gasteiger partial charge in [-0.05, 0) is 50.4 Å². The Morgan fingerprint density at radius 1 is 1.30 bits per heavy atom. The van der Waals surface area contributed by atoms with E-state index in [1.165, 1.54) is 23.3 Å². The highest BCUT2D eigenvalue weighted by Crippen LogP contribution is 2.38. The Hall–Kier alpha value is -1.67. The van der Waals surface area contributed by atoms with Crippen LogP contribution in [0.15, 0.2) is 0 Å². The summed E-state index contributed by atoms with van der Waals surface area (Å²) < 4.78 is 9.73. The van der Waals surface area contributed by atoms with Gasteiger partial charge >= 0.3 is 11.9 Å². The summed E-state index contributed by atoms with van der Waals surface area (Å²) in [7, 11) is 1.37. The number of carbonyl (C=O) groups is 2. The molecule has 0 saturated carbocycles. The number of nitrogens with one attached hydrogen (secondary N) is 2. The highest BCUT2D eigenvalue weighted by Gasteiger charge is 2.26. The Morgan fingerprint density at radius 3 is 2.74 bits per heavy atom. The van der Waals surface area contributed by atoms with Crippen molar-refractivity contribution in [1.29, 1.82) is 0 Å². The van der Waals surface area contributed by atoms with E-state index in [1.54, 1.807) is 6.92 Å². The predicted molar refractivity (Wildman–Crippen MR) is 93.2 cm³/mol.